The quantitative estimate of drug-likeness (QED) is 0.464. The van der Waals surface area contributed by atoms with Gasteiger partial charge < -0.3 is 10.4 Å². The molecule has 0 radical (unpaired) electrons. The van der Waals surface area contributed by atoms with Gasteiger partial charge in [0.1, 0.15) is 12.5 Å². The van der Waals surface area contributed by atoms with Crippen molar-refractivity contribution >= 4 is 5.82 Å². The van der Waals surface area contributed by atoms with Crippen LogP contribution in [0.15, 0.2) is 12.3 Å². The highest BCUT2D eigenvalue weighted by atomic mass is 16.3. The topological polar surface area (TPSA) is 60.9 Å². The summed E-state index contributed by atoms with van der Waals surface area (Å²) >= 11 is 0. The van der Waals surface area contributed by atoms with Gasteiger partial charge >= 0.3 is 0 Å². The maximum Gasteiger partial charge on any atom is 0.149 e. The van der Waals surface area contributed by atoms with Gasteiger partial charge in [-0.3, -0.25) is 5.10 Å². The first-order valence-electron chi connectivity index (χ1n) is 2.28. The van der Waals surface area contributed by atoms with E-state index in [9.17, 15) is 0 Å². The Kier molecular flexibility index (Phi) is 1.48. The van der Waals surface area contributed by atoms with Crippen LogP contribution in [-0.2, 0) is 0 Å². The lowest BCUT2D eigenvalue weighted by molar-refractivity contribution is 0.325. The number of aliphatic hydroxyl groups excluding tert-OH is 1. The molecule has 0 saturated carbocycles. The molecule has 0 aliphatic heterocycles. The van der Waals surface area contributed by atoms with E-state index in [0.29, 0.717) is 5.82 Å². The fourth-order valence-electron chi connectivity index (χ4n) is 0.440. The first-order chi connectivity index (χ1) is 3.93. The molecule has 8 heavy (non-hydrogen) atoms. The third-order valence-corrected chi connectivity index (χ3v) is 0.761. The number of nitrogens with zero attached hydrogens (tertiary/aromatic N) is 1. The molecule has 4 heteroatoms. The minimum Gasteiger partial charge on any atom is -0.377 e. The van der Waals surface area contributed by atoms with Crippen LogP contribution in [0.5, 0.6) is 0 Å². The van der Waals surface area contributed by atoms with Crippen LogP contribution in [0.2, 0.25) is 0 Å². The van der Waals surface area contributed by atoms with Gasteiger partial charge in [0, 0.05) is 6.20 Å². The summed E-state index contributed by atoms with van der Waals surface area (Å²) in [6, 6.07) is 1.73. The van der Waals surface area contributed by atoms with E-state index >= 15 is 0 Å². The molecule has 0 unspecified atom stereocenters. The Bertz CT molecular complexity index is 137. The van der Waals surface area contributed by atoms with Crippen LogP contribution >= 0.6 is 0 Å². The zero-order valence-electron chi connectivity index (χ0n) is 4.26. The monoisotopic (exact) mass is 113 g/mol. The third kappa shape index (κ3) is 0.974. The second-order valence-corrected chi connectivity index (χ2v) is 1.29. The first kappa shape index (κ1) is 5.11. The smallest absolute Gasteiger partial charge is 0.149 e. The molecule has 1 aromatic rings. The fraction of sp³-hybridized carbons (Fsp3) is 0.250. The SMILES string of the molecule is OCNc1cc[nH]n1. The van der Waals surface area contributed by atoms with Gasteiger partial charge in [-0.2, -0.15) is 5.10 Å². The van der Waals surface area contributed by atoms with Gasteiger partial charge in [-0.15, -0.1) is 0 Å². The van der Waals surface area contributed by atoms with Crippen LogP contribution in [0.4, 0.5) is 5.82 Å². The summed E-state index contributed by atoms with van der Waals surface area (Å²) in [5.41, 5.74) is 0. The standard InChI is InChI=1S/C4H7N3O/c8-3-5-4-1-2-6-7-4/h1-2,8H,3H2,(H2,5,6,7). The molecule has 0 bridgehead atoms. The van der Waals surface area contributed by atoms with Crippen molar-refractivity contribution in [3.05, 3.63) is 12.3 Å². The predicted octanol–water partition coefficient (Wildman–Crippen LogP) is -0.229. The molecular formula is C4H7N3O. The molecule has 0 amide bonds. The lowest BCUT2D eigenvalue weighted by atomic mass is 10.6. The molecule has 44 valence electrons. The molecule has 1 rings (SSSR count). The summed E-state index contributed by atoms with van der Waals surface area (Å²) in [6.45, 7) is -0.0785. The van der Waals surface area contributed by atoms with Crippen LogP contribution < -0.4 is 5.32 Å². The number of anilines is 1. The number of H-pyrrole nitrogens is 1. The highest BCUT2D eigenvalue weighted by molar-refractivity contribution is 5.30. The van der Waals surface area contributed by atoms with Gasteiger partial charge in [-0.25, -0.2) is 0 Å². The molecule has 0 aromatic carbocycles. The van der Waals surface area contributed by atoms with Crippen LogP contribution in [0.1, 0.15) is 0 Å². The Labute approximate surface area is 46.5 Å². The van der Waals surface area contributed by atoms with Crippen molar-refractivity contribution in [2.45, 2.75) is 0 Å². The van der Waals surface area contributed by atoms with Crippen molar-refractivity contribution in [3.63, 3.8) is 0 Å². The maximum absolute atomic E-state index is 8.27. The molecule has 0 saturated heterocycles. The number of rotatable bonds is 2. The summed E-state index contributed by atoms with van der Waals surface area (Å²) in [5, 5.41) is 17.2. The van der Waals surface area contributed by atoms with Gasteiger partial charge in [0.15, 0.2) is 0 Å². The lowest BCUT2D eigenvalue weighted by Crippen LogP contribution is -1.98. The molecule has 1 heterocycles. The van der Waals surface area contributed by atoms with Crippen molar-refractivity contribution in [2.75, 3.05) is 12.0 Å². The van der Waals surface area contributed by atoms with Gasteiger partial charge in [0.2, 0.25) is 0 Å². The lowest BCUT2D eigenvalue weighted by Gasteiger charge is -1.91. The Morgan fingerprint density at radius 1 is 1.88 bits per heavy atom. The van der Waals surface area contributed by atoms with E-state index in [1.165, 1.54) is 0 Å². The minimum atomic E-state index is -0.0785. The Morgan fingerprint density at radius 3 is 3.25 bits per heavy atom. The van der Waals surface area contributed by atoms with Crippen molar-refractivity contribution in [1.29, 1.82) is 0 Å². The Hall–Kier alpha value is -1.03. The molecule has 0 aliphatic rings. The van der Waals surface area contributed by atoms with Crippen LogP contribution in [0.25, 0.3) is 0 Å². The van der Waals surface area contributed by atoms with Crippen molar-refractivity contribution in [3.8, 4) is 0 Å². The molecular weight excluding hydrogens is 106 g/mol. The summed E-state index contributed by atoms with van der Waals surface area (Å²) in [6.07, 6.45) is 1.68. The van der Waals surface area contributed by atoms with Gasteiger partial charge in [-0.1, -0.05) is 0 Å². The van der Waals surface area contributed by atoms with Crippen molar-refractivity contribution in [2.24, 2.45) is 0 Å². The molecule has 0 aliphatic carbocycles. The predicted molar refractivity (Wildman–Crippen MR) is 29.3 cm³/mol. The largest absolute Gasteiger partial charge is 0.377 e. The Morgan fingerprint density at radius 2 is 2.75 bits per heavy atom. The summed E-state index contributed by atoms with van der Waals surface area (Å²) < 4.78 is 0. The summed E-state index contributed by atoms with van der Waals surface area (Å²) in [4.78, 5) is 0. The second-order valence-electron chi connectivity index (χ2n) is 1.29. The highest BCUT2D eigenvalue weighted by Crippen LogP contribution is 1.94. The number of aliphatic hydroxyl groups is 1. The zero-order valence-corrected chi connectivity index (χ0v) is 4.26. The van der Waals surface area contributed by atoms with Crippen LogP contribution in [0.3, 0.4) is 0 Å². The number of hydrogen-bond donors (Lipinski definition) is 3. The van der Waals surface area contributed by atoms with Crippen molar-refractivity contribution < 1.29 is 5.11 Å². The van der Waals surface area contributed by atoms with Gasteiger partial charge in [0.25, 0.3) is 0 Å². The average molecular weight is 113 g/mol. The normalized spacial score (nSPS) is 9.12. The molecule has 1 aromatic heterocycles. The average Bonchev–Trinajstić information content (AvgIpc) is 2.19. The van der Waals surface area contributed by atoms with Gasteiger partial charge in [-0.05, 0) is 6.07 Å². The van der Waals surface area contributed by atoms with Crippen LogP contribution in [-0.4, -0.2) is 22.0 Å². The van der Waals surface area contributed by atoms with Crippen LogP contribution in [0, 0.1) is 0 Å². The van der Waals surface area contributed by atoms with E-state index in [1.807, 2.05) is 0 Å². The number of nitrogens with one attached hydrogen (secondary N) is 2. The van der Waals surface area contributed by atoms with Crippen molar-refractivity contribution in [1.82, 2.24) is 10.2 Å². The third-order valence-electron chi connectivity index (χ3n) is 0.761. The maximum atomic E-state index is 8.27. The summed E-state index contributed by atoms with van der Waals surface area (Å²) in [7, 11) is 0. The van der Waals surface area contributed by atoms with E-state index < -0.39 is 0 Å². The molecule has 0 atom stereocenters. The molecule has 0 spiro atoms. The number of aromatic nitrogens is 2. The first-order valence-corrected chi connectivity index (χ1v) is 2.28. The van der Waals surface area contributed by atoms with Gasteiger partial charge in [0.05, 0.1) is 0 Å². The molecule has 0 fully saturated rings. The number of aromatic amines is 1. The van der Waals surface area contributed by atoms with E-state index in [-0.39, 0.29) is 6.73 Å². The summed E-state index contributed by atoms with van der Waals surface area (Å²) in [5.74, 6) is 0.660. The molecule has 3 N–H and O–H groups in total. The zero-order chi connectivity index (χ0) is 5.82. The van der Waals surface area contributed by atoms with E-state index in [0.717, 1.165) is 0 Å². The minimum absolute atomic E-state index is 0.0785. The Balaban J connectivity index is 2.50. The molecule has 4 nitrogen and oxygen atoms in total. The second kappa shape index (κ2) is 2.32. The van der Waals surface area contributed by atoms with E-state index in [4.69, 9.17) is 5.11 Å². The van der Waals surface area contributed by atoms with E-state index in [2.05, 4.69) is 15.5 Å². The van der Waals surface area contributed by atoms with E-state index in [1.54, 1.807) is 12.3 Å². The highest BCUT2D eigenvalue weighted by Gasteiger charge is 1.85. The number of hydrogen-bond acceptors (Lipinski definition) is 3. The fourth-order valence-corrected chi connectivity index (χ4v) is 0.440.